The molecule has 1 amide bonds. The highest BCUT2D eigenvalue weighted by Gasteiger charge is 2.35. The van der Waals surface area contributed by atoms with Gasteiger partial charge in [-0.15, -0.1) is 0 Å². The third-order valence-electron chi connectivity index (χ3n) is 4.46. The van der Waals surface area contributed by atoms with Gasteiger partial charge in [0.05, 0.1) is 33.3 Å². The van der Waals surface area contributed by atoms with Gasteiger partial charge in [-0.1, -0.05) is 6.07 Å². The summed E-state index contributed by atoms with van der Waals surface area (Å²) in [6.45, 7) is 0.659. The molecule has 0 saturated carbocycles. The summed E-state index contributed by atoms with van der Waals surface area (Å²) in [6, 6.07) is 5.69. The summed E-state index contributed by atoms with van der Waals surface area (Å²) in [5.41, 5.74) is 0.873. The number of likely N-dealkylation sites (tertiary alicyclic amines) is 1. The number of likely N-dealkylation sites (N-methyl/N-ethyl adjacent to an activating group) is 1. The van der Waals surface area contributed by atoms with Crippen molar-refractivity contribution < 1.29 is 19.4 Å². The van der Waals surface area contributed by atoms with E-state index in [0.29, 0.717) is 24.1 Å². The fraction of sp³-hybridized carbons (Fsp3) is 0.588. The molecule has 0 aromatic heterocycles. The van der Waals surface area contributed by atoms with Gasteiger partial charge in [0.15, 0.2) is 11.5 Å². The molecule has 1 N–H and O–H groups in total. The summed E-state index contributed by atoms with van der Waals surface area (Å²) in [4.78, 5) is 16.5. The number of amides is 1. The molecule has 1 heterocycles. The molecule has 0 bridgehead atoms. The lowest BCUT2D eigenvalue weighted by Crippen LogP contribution is -2.39. The minimum absolute atomic E-state index is 0.00200. The summed E-state index contributed by atoms with van der Waals surface area (Å²) in [5.74, 6) is 1.29. The van der Waals surface area contributed by atoms with E-state index in [0.717, 1.165) is 12.0 Å². The van der Waals surface area contributed by atoms with Crippen molar-refractivity contribution in [1.82, 2.24) is 9.80 Å². The van der Waals surface area contributed by atoms with Gasteiger partial charge < -0.3 is 24.4 Å². The van der Waals surface area contributed by atoms with E-state index in [1.54, 1.807) is 25.2 Å². The zero-order chi connectivity index (χ0) is 17.0. The summed E-state index contributed by atoms with van der Waals surface area (Å²) >= 11 is 0. The van der Waals surface area contributed by atoms with Crippen LogP contribution in [0.15, 0.2) is 18.2 Å². The molecule has 2 atom stereocenters. The molecule has 2 rings (SSSR count). The van der Waals surface area contributed by atoms with Gasteiger partial charge in [-0.2, -0.15) is 0 Å². The first-order chi connectivity index (χ1) is 11.0. The highest BCUT2D eigenvalue weighted by Crippen LogP contribution is 2.28. The Morgan fingerprint density at radius 2 is 2.00 bits per heavy atom. The highest BCUT2D eigenvalue weighted by molar-refractivity contribution is 5.79. The van der Waals surface area contributed by atoms with Crippen molar-refractivity contribution in [3.8, 4) is 11.5 Å². The Labute approximate surface area is 137 Å². The van der Waals surface area contributed by atoms with Gasteiger partial charge in [-0.05, 0) is 38.2 Å². The second kappa shape index (κ2) is 7.66. The van der Waals surface area contributed by atoms with Gasteiger partial charge in [0.1, 0.15) is 0 Å². The lowest BCUT2D eigenvalue weighted by Gasteiger charge is -2.23. The van der Waals surface area contributed by atoms with Crippen LogP contribution in [0.2, 0.25) is 0 Å². The van der Waals surface area contributed by atoms with Crippen molar-refractivity contribution in [2.24, 2.45) is 0 Å². The Morgan fingerprint density at radius 3 is 2.57 bits per heavy atom. The predicted molar refractivity (Wildman–Crippen MR) is 87.9 cm³/mol. The molecule has 1 aliphatic rings. The Bertz CT molecular complexity index is 547. The van der Waals surface area contributed by atoms with E-state index in [9.17, 15) is 9.90 Å². The Kier molecular flexibility index (Phi) is 5.85. The van der Waals surface area contributed by atoms with Crippen molar-refractivity contribution in [3.63, 3.8) is 0 Å². The van der Waals surface area contributed by atoms with Gasteiger partial charge >= 0.3 is 0 Å². The van der Waals surface area contributed by atoms with E-state index < -0.39 is 0 Å². The van der Waals surface area contributed by atoms with Gasteiger partial charge in [0, 0.05) is 12.6 Å². The summed E-state index contributed by atoms with van der Waals surface area (Å²) in [7, 11) is 7.16. The minimum atomic E-state index is -0.102. The van der Waals surface area contributed by atoms with Crippen LogP contribution in [0.5, 0.6) is 11.5 Å². The van der Waals surface area contributed by atoms with Crippen molar-refractivity contribution in [2.75, 3.05) is 41.5 Å². The summed E-state index contributed by atoms with van der Waals surface area (Å²) in [5, 5.41) is 9.55. The van der Waals surface area contributed by atoms with Crippen molar-refractivity contribution in [1.29, 1.82) is 0 Å². The lowest BCUT2D eigenvalue weighted by atomic mass is 10.1. The second-order valence-electron chi connectivity index (χ2n) is 6.10. The van der Waals surface area contributed by atoms with E-state index >= 15 is 0 Å². The molecule has 6 nitrogen and oxygen atoms in total. The molecule has 23 heavy (non-hydrogen) atoms. The number of ether oxygens (including phenoxy) is 2. The molecule has 0 radical (unpaired) electrons. The normalized spacial score (nSPS) is 20.9. The SMILES string of the molecule is COc1ccc(CC(=O)N2CC(N(C)C)CC2CO)cc1OC. The fourth-order valence-electron chi connectivity index (χ4n) is 3.01. The van der Waals surface area contributed by atoms with Crippen molar-refractivity contribution >= 4 is 5.91 Å². The zero-order valence-corrected chi connectivity index (χ0v) is 14.3. The van der Waals surface area contributed by atoms with E-state index in [2.05, 4.69) is 4.90 Å². The molecule has 2 unspecified atom stereocenters. The van der Waals surface area contributed by atoms with E-state index in [1.807, 2.05) is 26.2 Å². The molecule has 0 aliphatic carbocycles. The fourth-order valence-corrected chi connectivity index (χ4v) is 3.01. The summed E-state index contributed by atoms with van der Waals surface area (Å²) < 4.78 is 10.5. The average molecular weight is 322 g/mol. The highest BCUT2D eigenvalue weighted by atomic mass is 16.5. The zero-order valence-electron chi connectivity index (χ0n) is 14.3. The molecule has 0 spiro atoms. The first kappa shape index (κ1) is 17.6. The number of nitrogens with zero attached hydrogens (tertiary/aromatic N) is 2. The molecular formula is C17H26N2O4. The van der Waals surface area contributed by atoms with Crippen LogP contribution in [0.1, 0.15) is 12.0 Å². The first-order valence-electron chi connectivity index (χ1n) is 7.77. The number of carbonyl (C=O) groups excluding carboxylic acids is 1. The van der Waals surface area contributed by atoms with E-state index in [4.69, 9.17) is 9.47 Å². The molecule has 1 aromatic rings. The van der Waals surface area contributed by atoms with Gasteiger partial charge in [0.25, 0.3) is 0 Å². The van der Waals surface area contributed by atoms with Crippen molar-refractivity contribution in [2.45, 2.75) is 24.9 Å². The smallest absolute Gasteiger partial charge is 0.227 e. The standard InChI is InChI=1S/C17H26N2O4/c1-18(2)13-9-14(11-20)19(10-13)17(21)8-12-5-6-15(22-3)16(7-12)23-4/h5-7,13-14,20H,8-11H2,1-4H3. The number of methoxy groups -OCH3 is 2. The average Bonchev–Trinajstić information content (AvgIpc) is 2.99. The van der Waals surface area contributed by atoms with Gasteiger partial charge in [-0.25, -0.2) is 0 Å². The van der Waals surface area contributed by atoms with Crippen LogP contribution in [0.25, 0.3) is 0 Å². The quantitative estimate of drug-likeness (QED) is 0.838. The maximum absolute atomic E-state index is 12.6. The van der Waals surface area contributed by atoms with Crippen LogP contribution in [0, 0.1) is 0 Å². The molecule has 1 saturated heterocycles. The number of aliphatic hydroxyl groups excluding tert-OH is 1. The van der Waals surface area contributed by atoms with E-state index in [-0.39, 0.29) is 25.0 Å². The van der Waals surface area contributed by atoms with Gasteiger partial charge in [-0.3, -0.25) is 4.79 Å². The molecule has 1 aliphatic heterocycles. The Morgan fingerprint density at radius 1 is 1.30 bits per heavy atom. The van der Waals surface area contributed by atoms with E-state index in [1.165, 1.54) is 0 Å². The Hall–Kier alpha value is -1.79. The Balaban J connectivity index is 2.09. The topological polar surface area (TPSA) is 62.2 Å². The summed E-state index contributed by atoms with van der Waals surface area (Å²) in [6.07, 6.45) is 1.10. The second-order valence-corrected chi connectivity index (χ2v) is 6.10. The number of hydrogen-bond donors (Lipinski definition) is 1. The predicted octanol–water partition coefficient (Wildman–Crippen LogP) is 0.770. The van der Waals surface area contributed by atoms with Crippen LogP contribution >= 0.6 is 0 Å². The third-order valence-corrected chi connectivity index (χ3v) is 4.46. The maximum Gasteiger partial charge on any atom is 0.227 e. The number of aliphatic hydroxyl groups is 1. The molecule has 128 valence electrons. The van der Waals surface area contributed by atoms with Crippen LogP contribution in [0.3, 0.4) is 0 Å². The van der Waals surface area contributed by atoms with Crippen LogP contribution in [-0.2, 0) is 11.2 Å². The molecule has 6 heteroatoms. The van der Waals surface area contributed by atoms with Crippen LogP contribution in [-0.4, -0.2) is 74.4 Å². The minimum Gasteiger partial charge on any atom is -0.493 e. The van der Waals surface area contributed by atoms with Crippen LogP contribution < -0.4 is 9.47 Å². The van der Waals surface area contributed by atoms with Crippen molar-refractivity contribution in [3.05, 3.63) is 23.8 Å². The largest absolute Gasteiger partial charge is 0.493 e. The molecule has 1 aromatic carbocycles. The number of carbonyl (C=O) groups is 1. The number of rotatable bonds is 6. The van der Waals surface area contributed by atoms with Crippen LogP contribution in [0.4, 0.5) is 0 Å². The first-order valence-corrected chi connectivity index (χ1v) is 7.77. The number of hydrogen-bond acceptors (Lipinski definition) is 5. The van der Waals surface area contributed by atoms with Gasteiger partial charge in [0.2, 0.25) is 5.91 Å². The lowest BCUT2D eigenvalue weighted by molar-refractivity contribution is -0.132. The molecular weight excluding hydrogens is 296 g/mol. The molecule has 1 fully saturated rings. The maximum atomic E-state index is 12.6. The third kappa shape index (κ3) is 3.95. The monoisotopic (exact) mass is 322 g/mol. The number of benzene rings is 1.